The number of hydrogen-bond acceptors (Lipinski definition) is 5. The molecule has 19 heavy (non-hydrogen) atoms. The van der Waals surface area contributed by atoms with E-state index in [1.165, 1.54) is 0 Å². The van der Waals surface area contributed by atoms with E-state index in [2.05, 4.69) is 10.5 Å². The summed E-state index contributed by atoms with van der Waals surface area (Å²) in [5.41, 5.74) is 0.666. The van der Waals surface area contributed by atoms with E-state index in [0.717, 1.165) is 6.42 Å². The van der Waals surface area contributed by atoms with Crippen LogP contribution in [0.2, 0.25) is 0 Å². The molecule has 1 aromatic heterocycles. The third kappa shape index (κ3) is 5.09. The van der Waals surface area contributed by atoms with Crippen LogP contribution >= 0.6 is 0 Å². The highest BCUT2D eigenvalue weighted by Gasteiger charge is 2.19. The number of hydrogen-bond donors (Lipinski definition) is 2. The highest BCUT2D eigenvalue weighted by atomic mass is 16.5. The molecule has 7 heteroatoms. The molecule has 7 nitrogen and oxygen atoms in total. The van der Waals surface area contributed by atoms with E-state index in [1.807, 2.05) is 13.8 Å². The summed E-state index contributed by atoms with van der Waals surface area (Å²) >= 11 is 0. The van der Waals surface area contributed by atoms with Crippen molar-refractivity contribution in [3.05, 3.63) is 11.8 Å². The number of anilines is 1. The fourth-order valence-corrected chi connectivity index (χ4v) is 1.58. The number of aliphatic carboxylic acids is 1. The van der Waals surface area contributed by atoms with E-state index in [4.69, 9.17) is 9.63 Å². The smallest absolute Gasteiger partial charge is 0.317 e. The van der Waals surface area contributed by atoms with Crippen molar-refractivity contribution in [1.82, 2.24) is 10.1 Å². The molecule has 0 aliphatic heterocycles. The standard InChI is InChI=1S/C12H19N3O4/c1-4-9(3)15(7-12(17)18)6-10(16)13-11-5-8(2)14-19-11/h5,9H,4,6-7H2,1-3H3,(H,13,16)(H,17,18). The summed E-state index contributed by atoms with van der Waals surface area (Å²) in [4.78, 5) is 24.2. The van der Waals surface area contributed by atoms with E-state index < -0.39 is 5.97 Å². The third-order valence-electron chi connectivity index (χ3n) is 2.79. The maximum Gasteiger partial charge on any atom is 0.317 e. The predicted octanol–water partition coefficient (Wildman–Crippen LogP) is 1.11. The van der Waals surface area contributed by atoms with Gasteiger partial charge in [0.05, 0.1) is 18.8 Å². The largest absolute Gasteiger partial charge is 0.480 e. The fraction of sp³-hybridized carbons (Fsp3) is 0.583. The van der Waals surface area contributed by atoms with Gasteiger partial charge in [-0.25, -0.2) is 0 Å². The molecule has 1 unspecified atom stereocenters. The van der Waals surface area contributed by atoms with Crippen molar-refractivity contribution in [2.45, 2.75) is 33.2 Å². The zero-order valence-electron chi connectivity index (χ0n) is 11.3. The van der Waals surface area contributed by atoms with Gasteiger partial charge in [0.1, 0.15) is 0 Å². The molecule has 0 fully saturated rings. The maximum absolute atomic E-state index is 11.8. The van der Waals surface area contributed by atoms with Gasteiger partial charge in [0.25, 0.3) is 0 Å². The lowest BCUT2D eigenvalue weighted by Gasteiger charge is -2.25. The van der Waals surface area contributed by atoms with Crippen molar-refractivity contribution < 1.29 is 19.2 Å². The van der Waals surface area contributed by atoms with Gasteiger partial charge in [-0.1, -0.05) is 12.1 Å². The summed E-state index contributed by atoms with van der Waals surface area (Å²) in [5, 5.41) is 15.0. The molecule has 0 spiro atoms. The Labute approximate surface area is 111 Å². The molecule has 2 N–H and O–H groups in total. The van der Waals surface area contributed by atoms with Crippen LogP contribution in [0.4, 0.5) is 5.88 Å². The first-order valence-corrected chi connectivity index (χ1v) is 6.11. The number of carbonyl (C=O) groups excluding carboxylic acids is 1. The number of nitrogens with one attached hydrogen (secondary N) is 1. The lowest BCUT2D eigenvalue weighted by molar-refractivity contribution is -0.139. The van der Waals surface area contributed by atoms with Crippen molar-refractivity contribution >= 4 is 17.8 Å². The summed E-state index contributed by atoms with van der Waals surface area (Å²) < 4.78 is 4.87. The second-order valence-corrected chi connectivity index (χ2v) is 4.44. The molecule has 0 bridgehead atoms. The van der Waals surface area contributed by atoms with E-state index in [0.29, 0.717) is 5.69 Å². The van der Waals surface area contributed by atoms with E-state index in [-0.39, 0.29) is 30.9 Å². The monoisotopic (exact) mass is 269 g/mol. The van der Waals surface area contributed by atoms with Crippen LogP contribution < -0.4 is 5.32 Å². The minimum absolute atomic E-state index is 0.00105. The Morgan fingerprint density at radius 2 is 2.21 bits per heavy atom. The molecule has 1 aromatic rings. The van der Waals surface area contributed by atoms with Gasteiger partial charge in [0, 0.05) is 12.1 Å². The maximum atomic E-state index is 11.8. The number of amides is 1. The lowest BCUT2D eigenvalue weighted by atomic mass is 10.2. The van der Waals surface area contributed by atoms with Gasteiger partial charge in [-0.15, -0.1) is 0 Å². The Kier molecular flexibility index (Phi) is 5.50. The molecule has 0 aromatic carbocycles. The number of aromatic nitrogens is 1. The van der Waals surface area contributed by atoms with Crippen molar-refractivity contribution in [3.8, 4) is 0 Å². The molecule has 1 rings (SSSR count). The molecule has 0 aliphatic rings. The topological polar surface area (TPSA) is 95.7 Å². The highest BCUT2D eigenvalue weighted by molar-refractivity contribution is 5.91. The van der Waals surface area contributed by atoms with Crippen LogP contribution in [0.3, 0.4) is 0 Å². The minimum Gasteiger partial charge on any atom is -0.480 e. The first-order valence-electron chi connectivity index (χ1n) is 6.11. The Bertz CT molecular complexity index is 444. The number of carboxylic acids is 1. The molecule has 1 amide bonds. The van der Waals surface area contributed by atoms with E-state index >= 15 is 0 Å². The van der Waals surface area contributed by atoms with Crippen LogP contribution in [0.15, 0.2) is 10.6 Å². The normalized spacial score (nSPS) is 12.4. The second kappa shape index (κ2) is 6.89. The van der Waals surface area contributed by atoms with Crippen molar-refractivity contribution in [1.29, 1.82) is 0 Å². The van der Waals surface area contributed by atoms with Crippen molar-refractivity contribution in [2.75, 3.05) is 18.4 Å². The van der Waals surface area contributed by atoms with Crippen LogP contribution in [0, 0.1) is 6.92 Å². The molecule has 1 atom stereocenters. The first kappa shape index (κ1) is 15.2. The van der Waals surface area contributed by atoms with Gasteiger partial charge in [-0.05, 0) is 20.3 Å². The summed E-state index contributed by atoms with van der Waals surface area (Å²) in [5.74, 6) is -1.01. The molecule has 0 radical (unpaired) electrons. The van der Waals surface area contributed by atoms with Crippen LogP contribution in [-0.2, 0) is 9.59 Å². The van der Waals surface area contributed by atoms with Gasteiger partial charge < -0.3 is 9.63 Å². The second-order valence-electron chi connectivity index (χ2n) is 4.44. The highest BCUT2D eigenvalue weighted by Crippen LogP contribution is 2.09. The summed E-state index contributed by atoms with van der Waals surface area (Å²) in [6, 6.07) is 1.61. The average Bonchev–Trinajstić information content (AvgIpc) is 2.72. The third-order valence-corrected chi connectivity index (χ3v) is 2.79. The molecule has 0 saturated heterocycles. The van der Waals surface area contributed by atoms with Gasteiger partial charge in [-0.2, -0.15) is 0 Å². The van der Waals surface area contributed by atoms with E-state index in [9.17, 15) is 9.59 Å². The number of aryl methyl sites for hydroxylation is 1. The van der Waals surface area contributed by atoms with Gasteiger partial charge >= 0.3 is 5.97 Å². The lowest BCUT2D eigenvalue weighted by Crippen LogP contribution is -2.42. The molecule has 1 heterocycles. The van der Waals surface area contributed by atoms with Gasteiger partial charge in [0.2, 0.25) is 11.8 Å². The molecule has 0 saturated carbocycles. The molecule has 106 valence electrons. The van der Waals surface area contributed by atoms with Crippen molar-refractivity contribution in [2.24, 2.45) is 0 Å². The van der Waals surface area contributed by atoms with Crippen LogP contribution in [-0.4, -0.2) is 46.2 Å². The number of carboxylic acid groups (broad SMARTS) is 1. The molecular formula is C12H19N3O4. The summed E-state index contributed by atoms with van der Waals surface area (Å²) in [6.45, 7) is 5.40. The molecule has 0 aliphatic carbocycles. The Hall–Kier alpha value is -1.89. The number of rotatable bonds is 7. The summed E-state index contributed by atoms with van der Waals surface area (Å²) in [6.07, 6.45) is 0.766. The van der Waals surface area contributed by atoms with E-state index in [1.54, 1.807) is 17.9 Å². The fourth-order valence-electron chi connectivity index (χ4n) is 1.58. The zero-order valence-corrected chi connectivity index (χ0v) is 11.3. The van der Waals surface area contributed by atoms with Gasteiger partial charge in [0.15, 0.2) is 0 Å². The quantitative estimate of drug-likeness (QED) is 0.769. The average molecular weight is 269 g/mol. The first-order chi connectivity index (χ1) is 8.92. The Balaban J connectivity index is 2.57. The van der Waals surface area contributed by atoms with Gasteiger partial charge in [-0.3, -0.25) is 19.8 Å². The van der Waals surface area contributed by atoms with Crippen LogP contribution in [0.5, 0.6) is 0 Å². The number of carbonyl (C=O) groups is 2. The molecular weight excluding hydrogens is 250 g/mol. The van der Waals surface area contributed by atoms with Crippen molar-refractivity contribution in [3.63, 3.8) is 0 Å². The summed E-state index contributed by atoms with van der Waals surface area (Å²) in [7, 11) is 0. The van der Waals surface area contributed by atoms with Crippen LogP contribution in [0.25, 0.3) is 0 Å². The minimum atomic E-state index is -0.955. The number of nitrogens with zero attached hydrogens (tertiary/aromatic N) is 2. The SMILES string of the molecule is CCC(C)N(CC(=O)O)CC(=O)Nc1cc(C)no1. The van der Waals surface area contributed by atoms with Crippen LogP contribution in [0.1, 0.15) is 26.0 Å². The zero-order chi connectivity index (χ0) is 14.4. The predicted molar refractivity (Wildman–Crippen MR) is 68.8 cm³/mol. The Morgan fingerprint density at radius 3 is 2.68 bits per heavy atom. The Morgan fingerprint density at radius 1 is 1.53 bits per heavy atom.